The van der Waals surface area contributed by atoms with E-state index in [2.05, 4.69) is 21.2 Å². The third-order valence-electron chi connectivity index (χ3n) is 3.45. The minimum atomic E-state index is -0.0658. The zero-order valence-electron chi connectivity index (χ0n) is 10.4. The first-order valence-corrected chi connectivity index (χ1v) is 7.25. The van der Waals surface area contributed by atoms with Crippen molar-refractivity contribution in [3.8, 4) is 0 Å². The van der Waals surface area contributed by atoms with Gasteiger partial charge in [0.15, 0.2) is 0 Å². The fourth-order valence-electron chi connectivity index (χ4n) is 2.43. The monoisotopic (exact) mass is 366 g/mol. The second-order valence-corrected chi connectivity index (χ2v) is 5.92. The number of nitrogens with two attached hydrogens (primary N) is 1. The highest BCUT2D eigenvalue weighted by Crippen LogP contribution is 2.26. The first-order chi connectivity index (χ1) is 8.61. The maximum Gasteiger partial charge on any atom is 0.252 e. The zero-order chi connectivity index (χ0) is 13.1. The Morgan fingerprint density at radius 1 is 1.47 bits per heavy atom. The quantitative estimate of drug-likeness (QED) is 0.860. The van der Waals surface area contributed by atoms with Gasteiger partial charge in [-0.15, -0.1) is 12.4 Å². The van der Waals surface area contributed by atoms with Gasteiger partial charge in [0.05, 0.1) is 5.56 Å². The lowest BCUT2D eigenvalue weighted by molar-refractivity contribution is 0.0928. The Labute approximate surface area is 132 Å². The Morgan fingerprint density at radius 3 is 2.84 bits per heavy atom. The first-order valence-electron chi connectivity index (χ1n) is 6.08. The Hall–Kier alpha value is -0.290. The van der Waals surface area contributed by atoms with E-state index in [9.17, 15) is 4.79 Å². The molecule has 1 aromatic carbocycles. The lowest BCUT2D eigenvalue weighted by Gasteiger charge is -2.19. The minimum Gasteiger partial charge on any atom is -0.349 e. The number of carbonyl (C=O) groups excluding carboxylic acids is 1. The predicted molar refractivity (Wildman–Crippen MR) is 84.0 cm³/mol. The molecular weight excluding hydrogens is 351 g/mol. The van der Waals surface area contributed by atoms with Crippen LogP contribution in [-0.4, -0.2) is 18.5 Å². The molecule has 0 aliphatic heterocycles. The minimum absolute atomic E-state index is 0. The molecule has 0 aromatic heterocycles. The molecule has 1 fully saturated rings. The van der Waals surface area contributed by atoms with Gasteiger partial charge < -0.3 is 11.1 Å². The molecule has 1 saturated carbocycles. The number of benzene rings is 1. The maximum absolute atomic E-state index is 12.2. The summed E-state index contributed by atoms with van der Waals surface area (Å²) < 4.78 is 0.717. The van der Waals surface area contributed by atoms with Crippen LogP contribution in [0.5, 0.6) is 0 Å². The van der Waals surface area contributed by atoms with Crippen LogP contribution in [0.4, 0.5) is 0 Å². The van der Waals surface area contributed by atoms with E-state index in [4.69, 9.17) is 17.3 Å². The van der Waals surface area contributed by atoms with Crippen molar-refractivity contribution < 1.29 is 4.79 Å². The molecule has 0 heterocycles. The van der Waals surface area contributed by atoms with Crippen molar-refractivity contribution in [1.82, 2.24) is 5.32 Å². The Kier molecular flexibility index (Phi) is 6.60. The average molecular weight is 368 g/mol. The van der Waals surface area contributed by atoms with Crippen molar-refractivity contribution >= 4 is 45.8 Å². The average Bonchev–Trinajstić information content (AvgIpc) is 2.76. The van der Waals surface area contributed by atoms with Gasteiger partial charge in [-0.3, -0.25) is 4.79 Å². The van der Waals surface area contributed by atoms with Crippen LogP contribution in [0.1, 0.15) is 29.6 Å². The fraction of sp³-hybridized carbons (Fsp3) is 0.462. The molecule has 1 aliphatic rings. The summed E-state index contributed by atoms with van der Waals surface area (Å²) in [4.78, 5) is 12.2. The van der Waals surface area contributed by atoms with E-state index in [0.29, 0.717) is 23.0 Å². The van der Waals surface area contributed by atoms with E-state index in [0.717, 1.165) is 23.7 Å². The summed E-state index contributed by atoms with van der Waals surface area (Å²) in [6.45, 7) is 0.632. The van der Waals surface area contributed by atoms with Gasteiger partial charge in [-0.25, -0.2) is 0 Å². The standard InChI is InChI=1S/C13H16BrClN2O.ClH/c14-11-6-9(15)4-5-10(11)13(18)17-12-3-1-2-8(12)7-16;/h4-6,8,12H,1-3,7,16H2,(H,17,18);1H. The van der Waals surface area contributed by atoms with Crippen molar-refractivity contribution in [1.29, 1.82) is 0 Å². The van der Waals surface area contributed by atoms with Crippen molar-refractivity contribution in [2.45, 2.75) is 25.3 Å². The Morgan fingerprint density at radius 2 is 2.21 bits per heavy atom. The molecule has 1 aromatic rings. The first kappa shape index (κ1) is 16.8. The van der Waals surface area contributed by atoms with Crippen LogP contribution in [0.25, 0.3) is 0 Å². The summed E-state index contributed by atoms with van der Waals surface area (Å²) in [7, 11) is 0. The van der Waals surface area contributed by atoms with Gasteiger partial charge in [0.25, 0.3) is 5.91 Å². The SMILES string of the molecule is Cl.NCC1CCCC1NC(=O)c1ccc(Cl)cc1Br. The number of amides is 1. The van der Waals surface area contributed by atoms with Crippen molar-refractivity contribution in [3.05, 3.63) is 33.3 Å². The topological polar surface area (TPSA) is 55.1 Å². The molecule has 19 heavy (non-hydrogen) atoms. The highest BCUT2D eigenvalue weighted by atomic mass is 79.9. The van der Waals surface area contributed by atoms with Gasteiger partial charge in [0.2, 0.25) is 0 Å². The van der Waals surface area contributed by atoms with Crippen LogP contribution < -0.4 is 11.1 Å². The summed E-state index contributed by atoms with van der Waals surface area (Å²) >= 11 is 9.22. The number of halogens is 3. The molecule has 0 spiro atoms. The largest absolute Gasteiger partial charge is 0.349 e. The number of rotatable bonds is 3. The lowest BCUT2D eigenvalue weighted by atomic mass is 10.0. The molecule has 3 nitrogen and oxygen atoms in total. The smallest absolute Gasteiger partial charge is 0.252 e. The van der Waals surface area contributed by atoms with Crippen molar-refractivity contribution in [2.75, 3.05) is 6.54 Å². The molecule has 2 unspecified atom stereocenters. The molecule has 2 rings (SSSR count). The van der Waals surface area contributed by atoms with E-state index >= 15 is 0 Å². The Bertz CT molecular complexity index is 456. The van der Waals surface area contributed by atoms with Crippen LogP contribution in [0.15, 0.2) is 22.7 Å². The third kappa shape index (κ3) is 4.09. The second kappa shape index (κ2) is 7.48. The highest BCUT2D eigenvalue weighted by Gasteiger charge is 2.27. The van der Waals surface area contributed by atoms with Gasteiger partial charge in [-0.05, 0) is 59.4 Å². The maximum atomic E-state index is 12.2. The molecule has 106 valence electrons. The molecule has 1 aliphatic carbocycles. The third-order valence-corrected chi connectivity index (χ3v) is 4.35. The lowest BCUT2D eigenvalue weighted by Crippen LogP contribution is -2.39. The van der Waals surface area contributed by atoms with Crippen LogP contribution >= 0.6 is 39.9 Å². The summed E-state index contributed by atoms with van der Waals surface area (Å²) in [6.07, 6.45) is 3.25. The fourth-order valence-corrected chi connectivity index (χ4v) is 3.29. The van der Waals surface area contributed by atoms with Gasteiger partial charge >= 0.3 is 0 Å². The number of hydrogen-bond acceptors (Lipinski definition) is 2. The second-order valence-electron chi connectivity index (χ2n) is 4.63. The molecule has 1 amide bonds. The molecule has 2 atom stereocenters. The zero-order valence-corrected chi connectivity index (χ0v) is 13.5. The summed E-state index contributed by atoms with van der Waals surface area (Å²) in [5, 5.41) is 3.67. The number of nitrogens with one attached hydrogen (secondary N) is 1. The van der Waals surface area contributed by atoms with E-state index in [-0.39, 0.29) is 24.4 Å². The molecule has 3 N–H and O–H groups in total. The van der Waals surface area contributed by atoms with E-state index in [1.807, 2.05) is 0 Å². The van der Waals surface area contributed by atoms with Gasteiger partial charge in [-0.1, -0.05) is 18.0 Å². The van der Waals surface area contributed by atoms with Crippen LogP contribution in [0.3, 0.4) is 0 Å². The highest BCUT2D eigenvalue weighted by molar-refractivity contribution is 9.10. The molecular formula is C13H17BrCl2N2O. The van der Waals surface area contributed by atoms with Crippen LogP contribution in [0, 0.1) is 5.92 Å². The van der Waals surface area contributed by atoms with Crippen molar-refractivity contribution in [2.24, 2.45) is 11.7 Å². The van der Waals surface area contributed by atoms with Crippen molar-refractivity contribution in [3.63, 3.8) is 0 Å². The van der Waals surface area contributed by atoms with E-state index in [1.54, 1.807) is 18.2 Å². The predicted octanol–water partition coefficient (Wildman–Crippen LogP) is 3.38. The van der Waals surface area contributed by atoms with E-state index in [1.165, 1.54) is 0 Å². The van der Waals surface area contributed by atoms with Crippen LogP contribution in [-0.2, 0) is 0 Å². The number of carbonyl (C=O) groups is 1. The number of hydrogen-bond donors (Lipinski definition) is 2. The van der Waals surface area contributed by atoms with Gasteiger partial charge in [0, 0.05) is 15.5 Å². The normalized spacial score (nSPS) is 21.8. The molecule has 0 radical (unpaired) electrons. The summed E-state index contributed by atoms with van der Waals surface area (Å²) in [5.41, 5.74) is 6.32. The van der Waals surface area contributed by atoms with Gasteiger partial charge in [0.1, 0.15) is 0 Å². The van der Waals surface area contributed by atoms with E-state index < -0.39 is 0 Å². The van der Waals surface area contributed by atoms with Gasteiger partial charge in [-0.2, -0.15) is 0 Å². The molecule has 6 heteroatoms. The summed E-state index contributed by atoms with van der Waals surface area (Å²) in [6, 6.07) is 5.38. The molecule has 0 bridgehead atoms. The molecule has 0 saturated heterocycles. The summed E-state index contributed by atoms with van der Waals surface area (Å²) in [5.74, 6) is 0.337. The van der Waals surface area contributed by atoms with Crippen LogP contribution in [0.2, 0.25) is 5.02 Å². The Balaban J connectivity index is 0.00000180.